The number of aromatic hydroxyl groups is 1. The highest BCUT2D eigenvalue weighted by Gasteiger charge is 2.80. The molecule has 15 nitrogen and oxygen atoms in total. The van der Waals surface area contributed by atoms with Gasteiger partial charge in [-0.1, -0.05) is 82.1 Å². The highest BCUT2D eigenvalue weighted by atomic mass is 33.1. The minimum absolute atomic E-state index is 0.0395. The van der Waals surface area contributed by atoms with Gasteiger partial charge in [0.1, 0.15) is 52.4 Å². The number of carbonyl (C=O) groups is 3. The van der Waals surface area contributed by atoms with Gasteiger partial charge in [0, 0.05) is 34.6 Å². The van der Waals surface area contributed by atoms with Crippen LogP contribution in [0.3, 0.4) is 0 Å². The Kier molecular flexibility index (Phi) is 14.4. The maximum Gasteiger partial charge on any atom is 0.229 e. The molecule has 5 spiro atoms. The quantitative estimate of drug-likeness (QED) is 0.0779. The molecular formula is C78H92N2O13S2. The number of ketones is 2. The molecule has 3 aromatic carbocycles. The zero-order valence-corrected chi connectivity index (χ0v) is 55.8. The third-order valence-electron chi connectivity index (χ3n) is 29.3. The summed E-state index contributed by atoms with van der Waals surface area (Å²) in [5.41, 5.74) is -1.68. The first kappa shape index (κ1) is 62.3. The van der Waals surface area contributed by atoms with Crippen molar-refractivity contribution in [3.63, 3.8) is 0 Å². The zero-order chi connectivity index (χ0) is 65.0. The number of fused-ring (bicyclic) bond motifs is 4. The number of hydrogen-bond acceptors (Lipinski definition) is 17. The Bertz CT molecular complexity index is 3870. The van der Waals surface area contributed by atoms with E-state index in [1.807, 2.05) is 36.4 Å². The Morgan fingerprint density at radius 2 is 1.56 bits per heavy atom. The minimum Gasteiger partial charge on any atom is -0.511 e. The Labute approximate surface area is 563 Å². The molecular weight excluding hydrogens is 1240 g/mol. The van der Waals surface area contributed by atoms with E-state index in [2.05, 4.69) is 22.8 Å². The molecule has 17 heteroatoms. The number of aldehydes is 1. The summed E-state index contributed by atoms with van der Waals surface area (Å²) in [5.74, 6) is -2.09. The molecule has 0 radical (unpaired) electrons. The van der Waals surface area contributed by atoms with Crippen LogP contribution in [0.25, 0.3) is 0 Å². The average Bonchev–Trinajstić information content (AvgIpc) is 1.57. The van der Waals surface area contributed by atoms with E-state index >= 15 is 9.59 Å². The smallest absolute Gasteiger partial charge is 0.229 e. The number of allylic oxidation sites excluding steroid dienone is 6. The lowest BCUT2D eigenvalue weighted by atomic mass is 9.46. The molecule has 22 atom stereocenters. The van der Waals surface area contributed by atoms with E-state index in [0.717, 1.165) is 130 Å². The third kappa shape index (κ3) is 8.79. The number of carbonyl (C=O) groups excluding carboxylic acids is 3. The first-order valence-corrected chi connectivity index (χ1v) is 38.5. The van der Waals surface area contributed by atoms with Crippen LogP contribution in [0.15, 0.2) is 113 Å². The topological polar surface area (TPSA) is 256 Å². The number of nitrogens with one attached hydrogen (secondary N) is 2. The molecule has 95 heavy (non-hydrogen) atoms. The van der Waals surface area contributed by atoms with Crippen molar-refractivity contribution in [2.24, 2.45) is 86.3 Å². The molecule has 19 rings (SSSR count). The van der Waals surface area contributed by atoms with Gasteiger partial charge in [0.25, 0.3) is 0 Å². The van der Waals surface area contributed by atoms with E-state index in [4.69, 9.17) is 9.47 Å². The highest BCUT2D eigenvalue weighted by Crippen LogP contribution is 2.80. The number of hydrogen-bond donors (Lipinski definition) is 10. The summed E-state index contributed by atoms with van der Waals surface area (Å²) in [6.07, 6.45) is 17.8. The largest absolute Gasteiger partial charge is 0.511 e. The lowest BCUT2D eigenvalue weighted by molar-refractivity contribution is -0.392. The molecule has 3 aliphatic heterocycles. The van der Waals surface area contributed by atoms with Gasteiger partial charge >= 0.3 is 0 Å². The Balaban J connectivity index is 0.770. The van der Waals surface area contributed by atoms with Crippen molar-refractivity contribution in [1.82, 2.24) is 10.6 Å². The Morgan fingerprint density at radius 3 is 2.39 bits per heavy atom. The molecule has 10 N–H and O–H groups in total. The van der Waals surface area contributed by atoms with Crippen molar-refractivity contribution in [3.05, 3.63) is 141 Å². The number of phenols is 1. The van der Waals surface area contributed by atoms with Gasteiger partial charge in [-0.25, -0.2) is 0 Å². The molecule has 0 aromatic heterocycles. The van der Waals surface area contributed by atoms with Crippen LogP contribution in [0.2, 0.25) is 0 Å². The van der Waals surface area contributed by atoms with Crippen molar-refractivity contribution in [2.45, 2.75) is 195 Å². The Hall–Kier alpha value is -4.95. The molecule has 9 saturated carbocycles. The standard InChI is InChI=1S/C78H92N2O13S2/c81-35-45-7-1-5-42(22-45)23-47-27-60(85)77-63-55(47)16-15-51-9-3-8-50-14-13-46(31-76(50,51)90)68(77)95-94-41-80-61-28-58-57(34-79-61)48-25-49-30-74(40-83)70(89)78(91,67(88)69(93-74)92-59-12-4-11-56(64(63)86)62(59)66(77)87)65(49)75(58)39-73(33-52(75)26-48)38-72(32-53(73)36-82)20-19-71(37-72)18-17-44(29-71)21-43-6-2-10-54(84)24-43/h1-2,4-7,10-12,22,24,27-28,36,44,46,48-53,63,65,67-70,79-81,83-85,88-91H,3,8-9,13-21,23,25-26,29-35,37-41H2/t44-,46-,48+,49+,50-,51-,52-,53+,63-,65-,67+,68+,69-,70-,71-,72+,73-,74-,75-,76+,77+,78-/m1/s1. The predicted molar refractivity (Wildman–Crippen MR) is 358 cm³/mol. The fraction of sp³-hybridized carbons (Fsp3) is 0.628. The van der Waals surface area contributed by atoms with E-state index in [1.165, 1.54) is 28.2 Å². The van der Waals surface area contributed by atoms with Crippen molar-refractivity contribution in [3.8, 4) is 11.5 Å². The van der Waals surface area contributed by atoms with Gasteiger partial charge in [-0.2, -0.15) is 0 Å². The molecule has 3 aromatic rings. The molecule has 3 heterocycles. The normalized spacial score (nSPS) is 45.7. The lowest BCUT2D eigenvalue weighted by Gasteiger charge is -2.65. The zero-order valence-electron chi connectivity index (χ0n) is 54.2. The third-order valence-corrected chi connectivity index (χ3v) is 32.0. The summed E-state index contributed by atoms with van der Waals surface area (Å²) in [6.45, 7) is -0.354. The predicted octanol–water partition coefficient (Wildman–Crippen LogP) is 10.8. The maximum atomic E-state index is 17.2. The summed E-state index contributed by atoms with van der Waals surface area (Å²) >= 11 is 0. The molecule has 1 saturated heterocycles. The van der Waals surface area contributed by atoms with Gasteiger partial charge < -0.3 is 65.8 Å². The van der Waals surface area contributed by atoms with Gasteiger partial charge in [-0.3, -0.25) is 9.59 Å². The van der Waals surface area contributed by atoms with Gasteiger partial charge in [0.2, 0.25) is 6.29 Å². The Morgan fingerprint density at radius 1 is 0.747 bits per heavy atom. The van der Waals surface area contributed by atoms with Crippen LogP contribution < -0.4 is 15.4 Å². The van der Waals surface area contributed by atoms with Crippen LogP contribution >= 0.6 is 21.6 Å². The summed E-state index contributed by atoms with van der Waals surface area (Å²) in [7, 11) is 3.06. The van der Waals surface area contributed by atoms with Crippen molar-refractivity contribution < 1.29 is 64.7 Å². The number of Topliss-reactive ketones (excluding diaryl/α,β-unsaturated/α-hetero) is 2. The molecule has 16 aliphatic rings. The van der Waals surface area contributed by atoms with Crippen LogP contribution in [0.4, 0.5) is 0 Å². The van der Waals surface area contributed by atoms with E-state index in [0.29, 0.717) is 69.0 Å². The van der Waals surface area contributed by atoms with Gasteiger partial charge in [-0.15, -0.1) is 0 Å². The minimum atomic E-state index is -2.38. The number of benzene rings is 3. The number of ether oxygens (including phenoxy) is 2. The lowest BCUT2D eigenvalue weighted by Crippen LogP contribution is -2.81. The molecule has 504 valence electrons. The van der Waals surface area contributed by atoms with Gasteiger partial charge in [-0.05, 0) is 263 Å². The number of aliphatic hydroxyl groups is 7. The van der Waals surface area contributed by atoms with E-state index in [9.17, 15) is 45.6 Å². The monoisotopic (exact) mass is 1330 g/mol. The van der Waals surface area contributed by atoms with Gasteiger partial charge in [0.05, 0.1) is 42.0 Å². The molecule has 10 fully saturated rings. The van der Waals surface area contributed by atoms with Crippen molar-refractivity contribution >= 4 is 39.4 Å². The number of phenolic OH excluding ortho intramolecular Hbond substituents is 1. The molecule has 13 aliphatic carbocycles. The second-order valence-electron chi connectivity index (χ2n) is 33.5. The van der Waals surface area contributed by atoms with E-state index < -0.39 is 81.0 Å². The molecule has 0 amide bonds. The summed E-state index contributed by atoms with van der Waals surface area (Å²) < 4.78 is 14.0. The summed E-state index contributed by atoms with van der Waals surface area (Å²) in [4.78, 5) is 47.9. The second kappa shape index (κ2) is 22.0. The number of rotatable bonds is 7. The van der Waals surface area contributed by atoms with Gasteiger partial charge in [0.15, 0.2) is 11.6 Å². The molecule has 0 unspecified atom stereocenters. The first-order valence-electron chi connectivity index (χ1n) is 36.1. The van der Waals surface area contributed by atoms with Crippen LogP contribution in [-0.4, -0.2) is 118 Å². The fourth-order valence-corrected chi connectivity index (χ4v) is 29.1. The van der Waals surface area contributed by atoms with Crippen LogP contribution in [0.5, 0.6) is 11.5 Å². The van der Waals surface area contributed by atoms with E-state index in [-0.39, 0.29) is 93.7 Å². The first-order chi connectivity index (χ1) is 45.8. The van der Waals surface area contributed by atoms with Crippen molar-refractivity contribution in [2.75, 3.05) is 19.0 Å². The van der Waals surface area contributed by atoms with Crippen LogP contribution in [0.1, 0.15) is 172 Å². The maximum absolute atomic E-state index is 17.2. The average molecular weight is 1330 g/mol. The highest BCUT2D eigenvalue weighted by molar-refractivity contribution is 8.77. The van der Waals surface area contributed by atoms with Crippen LogP contribution in [-0.2, 0) is 29.0 Å². The van der Waals surface area contributed by atoms with Crippen molar-refractivity contribution in [1.29, 1.82) is 0 Å². The molecule has 13 bridgehead atoms. The summed E-state index contributed by atoms with van der Waals surface area (Å²) in [5, 5.41) is 108. The SMILES string of the molecule is O=C[C@@H]1C[C@]2(CC[C@@]3(CC[C@H](Cc4cccc(O)c4)C3)C2)C[C@@]12C[C@H]1C[C@@H]3C[C@H]4C[C@]5(CO)O[C@H]6Oc7cccc8c7C(=O)[C@@]79C(O)=CC(Cc%10cccc(CO)c%10)=C(CC[C@H]%10CCC[C@@H]%11CC[C@H](C[C@@]%10%11O)[C@@H]7SSCNC7=CC(=C3CN7)[C@]1(C2)[C@@H]4[C@](O)([C@@H]5O)[C@H]6O)[C@@H]9C8=O. The summed E-state index contributed by atoms with van der Waals surface area (Å²) in [6, 6.07) is 20.2. The number of aliphatic hydroxyl groups excluding tert-OH is 5. The number of dihydropyridines is 1. The van der Waals surface area contributed by atoms with E-state index in [1.54, 1.807) is 41.1 Å². The fourth-order valence-electron chi connectivity index (χ4n) is 26.1. The van der Waals surface area contributed by atoms with Crippen LogP contribution in [0, 0.1) is 86.3 Å². The second-order valence-corrected chi connectivity index (χ2v) is 36.1.